The van der Waals surface area contributed by atoms with Crippen molar-refractivity contribution in [3.8, 4) is 0 Å². The lowest BCUT2D eigenvalue weighted by atomic mass is 9.82. The number of aliphatic carboxylic acids is 1. The molecule has 1 aliphatic heterocycles. The quantitative estimate of drug-likeness (QED) is 0.912. The summed E-state index contributed by atoms with van der Waals surface area (Å²) in [5.74, 6) is -1.42. The fourth-order valence-electron chi connectivity index (χ4n) is 2.84. The van der Waals surface area contributed by atoms with E-state index in [0.717, 1.165) is 0 Å². The number of carbonyl (C=O) groups is 2. The standard InChI is InChI=1S/C16H20FNO3/c1-10-7-12(8-11(2)13(10)17)14(19)18-6-4-5-16(3,9-18)15(20)21/h7-8H,4-6,9H2,1-3H3,(H,20,21). The van der Waals surface area contributed by atoms with Crippen molar-refractivity contribution < 1.29 is 19.1 Å². The van der Waals surface area contributed by atoms with Crippen LogP contribution >= 0.6 is 0 Å². The van der Waals surface area contributed by atoms with E-state index in [1.54, 1.807) is 25.7 Å². The molecule has 1 aromatic rings. The first-order chi connectivity index (χ1) is 9.74. The second kappa shape index (κ2) is 5.47. The predicted molar refractivity (Wildman–Crippen MR) is 76.8 cm³/mol. The zero-order valence-corrected chi connectivity index (χ0v) is 12.6. The SMILES string of the molecule is Cc1cc(C(=O)N2CCCC(C)(C(=O)O)C2)cc(C)c1F. The molecule has 2 rings (SSSR count). The minimum Gasteiger partial charge on any atom is -0.481 e. The molecule has 0 saturated carbocycles. The van der Waals surface area contributed by atoms with E-state index >= 15 is 0 Å². The molecule has 1 aromatic carbocycles. The van der Waals surface area contributed by atoms with Crippen LogP contribution in [0.1, 0.15) is 41.3 Å². The monoisotopic (exact) mass is 293 g/mol. The summed E-state index contributed by atoms with van der Waals surface area (Å²) in [5, 5.41) is 9.30. The molecule has 0 radical (unpaired) electrons. The highest BCUT2D eigenvalue weighted by atomic mass is 19.1. The Balaban J connectivity index is 2.26. The van der Waals surface area contributed by atoms with Crippen LogP contribution in [0.5, 0.6) is 0 Å². The summed E-state index contributed by atoms with van der Waals surface area (Å²) in [6.07, 6.45) is 1.22. The van der Waals surface area contributed by atoms with E-state index in [0.29, 0.717) is 36.1 Å². The highest BCUT2D eigenvalue weighted by molar-refractivity contribution is 5.95. The third-order valence-electron chi connectivity index (χ3n) is 4.18. The number of benzene rings is 1. The third kappa shape index (κ3) is 2.91. The van der Waals surface area contributed by atoms with Crippen molar-refractivity contribution in [3.63, 3.8) is 0 Å². The minimum atomic E-state index is -0.905. The Morgan fingerprint density at radius 2 is 1.86 bits per heavy atom. The molecule has 0 spiro atoms. The molecular weight excluding hydrogens is 273 g/mol. The van der Waals surface area contributed by atoms with E-state index in [1.807, 2.05) is 0 Å². The molecule has 1 unspecified atom stereocenters. The molecule has 1 heterocycles. The molecule has 0 aliphatic carbocycles. The number of hydrogen-bond donors (Lipinski definition) is 1. The smallest absolute Gasteiger partial charge is 0.311 e. The first kappa shape index (κ1) is 15.5. The molecule has 5 heteroatoms. The molecule has 1 saturated heterocycles. The van der Waals surface area contributed by atoms with Crippen LogP contribution in [0, 0.1) is 25.1 Å². The van der Waals surface area contributed by atoms with Crippen LogP contribution in [0.3, 0.4) is 0 Å². The predicted octanol–water partition coefficient (Wildman–Crippen LogP) is 2.77. The van der Waals surface area contributed by atoms with Crippen LogP contribution in [0.2, 0.25) is 0 Å². The lowest BCUT2D eigenvalue weighted by Gasteiger charge is -2.37. The van der Waals surface area contributed by atoms with Gasteiger partial charge in [-0.3, -0.25) is 9.59 Å². The normalized spacial score (nSPS) is 22.2. The second-order valence-corrected chi connectivity index (χ2v) is 6.12. The Morgan fingerprint density at radius 1 is 1.29 bits per heavy atom. The Labute approximate surface area is 123 Å². The molecular formula is C16H20FNO3. The number of nitrogens with zero attached hydrogens (tertiary/aromatic N) is 1. The molecule has 1 aliphatic rings. The summed E-state index contributed by atoms with van der Waals surface area (Å²) in [4.78, 5) is 25.4. The van der Waals surface area contributed by atoms with E-state index in [9.17, 15) is 19.1 Å². The Morgan fingerprint density at radius 3 is 2.38 bits per heavy atom. The lowest BCUT2D eigenvalue weighted by Crippen LogP contribution is -2.48. The Kier molecular flexibility index (Phi) is 4.03. The number of hydrogen-bond acceptors (Lipinski definition) is 2. The van der Waals surface area contributed by atoms with Crippen LogP contribution in [0.4, 0.5) is 4.39 Å². The molecule has 1 fully saturated rings. The highest BCUT2D eigenvalue weighted by Gasteiger charge is 2.39. The molecule has 114 valence electrons. The fourth-order valence-corrected chi connectivity index (χ4v) is 2.84. The van der Waals surface area contributed by atoms with Crippen LogP contribution in [-0.2, 0) is 4.79 Å². The maximum Gasteiger partial charge on any atom is 0.311 e. The van der Waals surface area contributed by atoms with E-state index in [1.165, 1.54) is 12.1 Å². The fraction of sp³-hybridized carbons (Fsp3) is 0.500. The van der Waals surface area contributed by atoms with Crippen molar-refractivity contribution >= 4 is 11.9 Å². The zero-order valence-electron chi connectivity index (χ0n) is 12.6. The maximum atomic E-state index is 13.6. The molecule has 1 N–H and O–H groups in total. The van der Waals surface area contributed by atoms with Gasteiger partial charge in [-0.1, -0.05) is 0 Å². The summed E-state index contributed by atoms with van der Waals surface area (Å²) in [6.45, 7) is 5.64. The van der Waals surface area contributed by atoms with Crippen molar-refractivity contribution in [1.82, 2.24) is 4.90 Å². The van der Waals surface area contributed by atoms with Gasteiger partial charge in [-0.2, -0.15) is 0 Å². The van der Waals surface area contributed by atoms with Gasteiger partial charge in [-0.15, -0.1) is 0 Å². The third-order valence-corrected chi connectivity index (χ3v) is 4.18. The zero-order chi connectivity index (χ0) is 15.8. The van der Waals surface area contributed by atoms with Crippen molar-refractivity contribution in [3.05, 3.63) is 34.6 Å². The number of halogens is 1. The number of carboxylic acids is 1. The average molecular weight is 293 g/mol. The van der Waals surface area contributed by atoms with Crippen molar-refractivity contribution in [2.24, 2.45) is 5.41 Å². The maximum absolute atomic E-state index is 13.6. The largest absolute Gasteiger partial charge is 0.481 e. The topological polar surface area (TPSA) is 57.6 Å². The molecule has 0 aromatic heterocycles. The number of amides is 1. The van der Waals surface area contributed by atoms with Gasteiger partial charge in [-0.25, -0.2) is 4.39 Å². The number of rotatable bonds is 2. The summed E-state index contributed by atoms with van der Waals surface area (Å²) in [5.41, 5.74) is 0.367. The summed E-state index contributed by atoms with van der Waals surface area (Å²) >= 11 is 0. The van der Waals surface area contributed by atoms with Crippen LogP contribution in [0.15, 0.2) is 12.1 Å². The van der Waals surface area contributed by atoms with Crippen LogP contribution in [-0.4, -0.2) is 35.0 Å². The van der Waals surface area contributed by atoms with E-state index in [2.05, 4.69) is 0 Å². The van der Waals surface area contributed by atoms with Gasteiger partial charge in [0.25, 0.3) is 5.91 Å². The first-order valence-electron chi connectivity index (χ1n) is 7.04. The lowest BCUT2D eigenvalue weighted by molar-refractivity contribution is -0.150. The molecule has 1 amide bonds. The highest BCUT2D eigenvalue weighted by Crippen LogP contribution is 2.30. The number of aryl methyl sites for hydroxylation is 2. The van der Waals surface area contributed by atoms with Gasteiger partial charge < -0.3 is 10.0 Å². The number of carboxylic acid groups (broad SMARTS) is 1. The van der Waals surface area contributed by atoms with E-state index < -0.39 is 11.4 Å². The van der Waals surface area contributed by atoms with Crippen molar-refractivity contribution in [2.45, 2.75) is 33.6 Å². The van der Waals surface area contributed by atoms with Gasteiger partial charge in [0.15, 0.2) is 0 Å². The van der Waals surface area contributed by atoms with Gasteiger partial charge in [0.2, 0.25) is 0 Å². The average Bonchev–Trinajstić information content (AvgIpc) is 2.43. The van der Waals surface area contributed by atoms with Gasteiger partial charge in [0.1, 0.15) is 5.82 Å². The van der Waals surface area contributed by atoms with Gasteiger partial charge in [0, 0.05) is 18.7 Å². The summed E-state index contributed by atoms with van der Waals surface area (Å²) < 4.78 is 13.6. The van der Waals surface area contributed by atoms with Crippen molar-refractivity contribution in [1.29, 1.82) is 0 Å². The van der Waals surface area contributed by atoms with Gasteiger partial charge >= 0.3 is 5.97 Å². The first-order valence-corrected chi connectivity index (χ1v) is 7.04. The minimum absolute atomic E-state index is 0.191. The summed E-state index contributed by atoms with van der Waals surface area (Å²) in [6, 6.07) is 3.05. The molecule has 1 atom stereocenters. The number of likely N-dealkylation sites (tertiary alicyclic amines) is 1. The number of piperidine rings is 1. The molecule has 0 bridgehead atoms. The van der Waals surface area contributed by atoms with Crippen molar-refractivity contribution in [2.75, 3.05) is 13.1 Å². The number of carbonyl (C=O) groups excluding carboxylic acids is 1. The molecule has 4 nitrogen and oxygen atoms in total. The van der Waals surface area contributed by atoms with Crippen LogP contribution in [0.25, 0.3) is 0 Å². The van der Waals surface area contributed by atoms with Gasteiger partial charge in [0.05, 0.1) is 5.41 Å². The summed E-state index contributed by atoms with van der Waals surface area (Å²) in [7, 11) is 0. The Hall–Kier alpha value is -1.91. The van der Waals surface area contributed by atoms with Gasteiger partial charge in [-0.05, 0) is 56.9 Å². The Bertz CT molecular complexity index is 576. The van der Waals surface area contributed by atoms with Crippen LogP contribution < -0.4 is 0 Å². The van der Waals surface area contributed by atoms with E-state index in [4.69, 9.17) is 0 Å². The second-order valence-electron chi connectivity index (χ2n) is 6.12. The van der Waals surface area contributed by atoms with E-state index in [-0.39, 0.29) is 18.3 Å². The molecule has 21 heavy (non-hydrogen) atoms.